The molecule has 0 saturated carbocycles. The molecule has 0 aliphatic rings. The van der Waals surface area contributed by atoms with E-state index in [1.54, 1.807) is 13.0 Å². The minimum absolute atomic E-state index is 0.135. The summed E-state index contributed by atoms with van der Waals surface area (Å²) in [5, 5.41) is 0. The molecule has 0 unspecified atom stereocenters. The van der Waals surface area contributed by atoms with Gasteiger partial charge in [0.15, 0.2) is 0 Å². The lowest BCUT2D eigenvalue weighted by Gasteiger charge is -2.14. The minimum Gasteiger partial charge on any atom is -0.496 e. The second-order valence-electron chi connectivity index (χ2n) is 3.04. The van der Waals surface area contributed by atoms with Crippen molar-refractivity contribution in [2.45, 2.75) is 20.0 Å². The molecule has 1 aromatic rings. The Morgan fingerprint density at radius 1 is 1.29 bits per heavy atom. The number of halogens is 2. The highest BCUT2D eigenvalue weighted by molar-refractivity contribution is 5.39. The molecule has 1 rings (SSSR count). The van der Waals surface area contributed by atoms with Gasteiger partial charge in [-0.15, -0.1) is 0 Å². The smallest absolute Gasteiger partial charge is 0.394 e. The molecule has 0 aliphatic heterocycles. The zero-order chi connectivity index (χ0) is 10.8. The first-order valence-electron chi connectivity index (χ1n) is 4.14. The molecule has 0 radical (unpaired) electrons. The summed E-state index contributed by atoms with van der Waals surface area (Å²) in [6, 6.07) is 4.55. The van der Waals surface area contributed by atoms with Crippen LogP contribution in [0.4, 0.5) is 8.78 Å². The zero-order valence-corrected chi connectivity index (χ0v) is 8.30. The Morgan fingerprint density at radius 3 is 2.36 bits per heavy atom. The van der Waals surface area contributed by atoms with Gasteiger partial charge in [0, 0.05) is 6.92 Å². The first-order chi connectivity index (χ1) is 6.42. The molecule has 0 amide bonds. The van der Waals surface area contributed by atoms with Crippen LogP contribution in [-0.4, -0.2) is 13.2 Å². The summed E-state index contributed by atoms with van der Waals surface area (Å²) in [5.74, 6) is 0.785. The number of rotatable bonds is 3. The highest BCUT2D eigenvalue weighted by Crippen LogP contribution is 2.26. The van der Waals surface area contributed by atoms with Gasteiger partial charge in [-0.25, -0.2) is 0 Å². The van der Waals surface area contributed by atoms with Crippen molar-refractivity contribution in [3.8, 4) is 11.5 Å². The van der Waals surface area contributed by atoms with Crippen LogP contribution in [0.15, 0.2) is 18.2 Å². The van der Waals surface area contributed by atoms with Crippen LogP contribution in [0.1, 0.15) is 12.5 Å². The van der Waals surface area contributed by atoms with Crippen LogP contribution in [0.2, 0.25) is 0 Å². The van der Waals surface area contributed by atoms with Crippen molar-refractivity contribution < 1.29 is 18.3 Å². The molecule has 78 valence electrons. The third kappa shape index (κ3) is 2.87. The molecular weight excluding hydrogens is 190 g/mol. The Kier molecular flexibility index (Phi) is 2.93. The maximum absolute atomic E-state index is 12.5. The van der Waals surface area contributed by atoms with Crippen LogP contribution < -0.4 is 9.47 Å². The number of methoxy groups -OCH3 is 1. The molecule has 0 heterocycles. The number of benzene rings is 1. The Labute approximate surface area is 81.4 Å². The number of hydrogen-bond acceptors (Lipinski definition) is 2. The molecule has 4 heteroatoms. The average molecular weight is 202 g/mol. The van der Waals surface area contributed by atoms with Crippen LogP contribution >= 0.6 is 0 Å². The summed E-state index contributed by atoms with van der Waals surface area (Å²) in [6.45, 7) is 2.46. The molecule has 0 saturated heterocycles. The predicted octanol–water partition coefficient (Wildman–Crippen LogP) is 3.00. The molecule has 0 N–H and O–H groups in total. The third-order valence-corrected chi connectivity index (χ3v) is 1.66. The maximum Gasteiger partial charge on any atom is 0.394 e. The van der Waals surface area contributed by atoms with Crippen molar-refractivity contribution in [2.24, 2.45) is 0 Å². The van der Waals surface area contributed by atoms with Crippen molar-refractivity contribution >= 4 is 0 Å². The van der Waals surface area contributed by atoms with Gasteiger partial charge in [0.25, 0.3) is 0 Å². The quantitative estimate of drug-likeness (QED) is 0.750. The van der Waals surface area contributed by atoms with E-state index in [9.17, 15) is 8.78 Å². The van der Waals surface area contributed by atoms with Crippen LogP contribution in [0.25, 0.3) is 0 Å². The van der Waals surface area contributed by atoms with Gasteiger partial charge in [0.1, 0.15) is 11.5 Å². The van der Waals surface area contributed by atoms with Crippen molar-refractivity contribution in [2.75, 3.05) is 7.11 Å². The monoisotopic (exact) mass is 202 g/mol. The summed E-state index contributed by atoms with van der Waals surface area (Å²) in [5.41, 5.74) is 0.759. The number of aryl methyl sites for hydroxylation is 1. The summed E-state index contributed by atoms with van der Waals surface area (Å²) in [7, 11) is 1.53. The Hall–Kier alpha value is -1.32. The van der Waals surface area contributed by atoms with Gasteiger partial charge in [-0.05, 0) is 30.7 Å². The van der Waals surface area contributed by atoms with Gasteiger partial charge in [-0.2, -0.15) is 8.78 Å². The van der Waals surface area contributed by atoms with E-state index in [0.29, 0.717) is 12.7 Å². The standard InChI is InChI=1S/C10H12F2O2/c1-7-6-8(14-10(2,11)12)4-5-9(7)13-3/h4-6H,1-3H3. The average Bonchev–Trinajstić information content (AvgIpc) is 2.01. The van der Waals surface area contributed by atoms with Gasteiger partial charge in [-0.1, -0.05) is 0 Å². The SMILES string of the molecule is COc1ccc(OC(C)(F)F)cc1C. The van der Waals surface area contributed by atoms with Crippen LogP contribution in [0.5, 0.6) is 11.5 Å². The van der Waals surface area contributed by atoms with Crippen LogP contribution in [0.3, 0.4) is 0 Å². The second-order valence-corrected chi connectivity index (χ2v) is 3.04. The Bertz CT molecular complexity index is 318. The van der Waals surface area contributed by atoms with E-state index in [1.807, 2.05) is 0 Å². The number of alkyl halides is 2. The van der Waals surface area contributed by atoms with E-state index in [0.717, 1.165) is 5.56 Å². The molecular formula is C10H12F2O2. The molecule has 0 atom stereocenters. The molecule has 0 spiro atoms. The topological polar surface area (TPSA) is 18.5 Å². The second kappa shape index (κ2) is 3.82. The van der Waals surface area contributed by atoms with Crippen molar-refractivity contribution in [3.05, 3.63) is 23.8 Å². The van der Waals surface area contributed by atoms with Gasteiger partial charge >= 0.3 is 6.11 Å². The lowest BCUT2D eigenvalue weighted by molar-refractivity contribution is -0.158. The van der Waals surface area contributed by atoms with E-state index in [1.165, 1.54) is 19.2 Å². The normalized spacial score (nSPS) is 11.2. The molecule has 0 aliphatic carbocycles. The fourth-order valence-corrected chi connectivity index (χ4v) is 1.12. The first kappa shape index (κ1) is 10.8. The maximum atomic E-state index is 12.5. The van der Waals surface area contributed by atoms with Gasteiger partial charge < -0.3 is 9.47 Å². The van der Waals surface area contributed by atoms with Gasteiger partial charge in [0.05, 0.1) is 7.11 Å². The van der Waals surface area contributed by atoms with Gasteiger partial charge in [0.2, 0.25) is 0 Å². The molecule has 1 aromatic carbocycles. The van der Waals surface area contributed by atoms with E-state index in [-0.39, 0.29) is 5.75 Å². The summed E-state index contributed by atoms with van der Waals surface area (Å²) < 4.78 is 34.3. The van der Waals surface area contributed by atoms with Crippen molar-refractivity contribution in [3.63, 3.8) is 0 Å². The summed E-state index contributed by atoms with van der Waals surface area (Å²) in [6.07, 6.45) is -3.15. The molecule has 2 nitrogen and oxygen atoms in total. The lowest BCUT2D eigenvalue weighted by Crippen LogP contribution is -2.19. The summed E-state index contributed by atoms with van der Waals surface area (Å²) in [4.78, 5) is 0. The lowest BCUT2D eigenvalue weighted by atomic mass is 10.2. The highest BCUT2D eigenvalue weighted by Gasteiger charge is 2.23. The van der Waals surface area contributed by atoms with Gasteiger partial charge in [-0.3, -0.25) is 0 Å². The first-order valence-corrected chi connectivity index (χ1v) is 4.14. The van der Waals surface area contributed by atoms with Crippen LogP contribution in [0, 0.1) is 6.92 Å². The Morgan fingerprint density at radius 2 is 1.93 bits per heavy atom. The fraction of sp³-hybridized carbons (Fsp3) is 0.400. The summed E-state index contributed by atoms with van der Waals surface area (Å²) >= 11 is 0. The molecule has 0 aromatic heterocycles. The fourth-order valence-electron chi connectivity index (χ4n) is 1.12. The zero-order valence-electron chi connectivity index (χ0n) is 8.30. The third-order valence-electron chi connectivity index (χ3n) is 1.66. The highest BCUT2D eigenvalue weighted by atomic mass is 19.3. The van der Waals surface area contributed by atoms with E-state index < -0.39 is 6.11 Å². The molecule has 0 fully saturated rings. The predicted molar refractivity (Wildman–Crippen MR) is 49.0 cm³/mol. The minimum atomic E-state index is -3.15. The van der Waals surface area contributed by atoms with E-state index in [2.05, 4.69) is 4.74 Å². The van der Waals surface area contributed by atoms with E-state index in [4.69, 9.17) is 4.74 Å². The van der Waals surface area contributed by atoms with E-state index >= 15 is 0 Å². The largest absolute Gasteiger partial charge is 0.496 e. The molecule has 14 heavy (non-hydrogen) atoms. The number of ether oxygens (including phenoxy) is 2. The van der Waals surface area contributed by atoms with Crippen LogP contribution in [-0.2, 0) is 0 Å². The molecule has 0 bridgehead atoms. The van der Waals surface area contributed by atoms with Crippen molar-refractivity contribution in [1.29, 1.82) is 0 Å². The number of hydrogen-bond donors (Lipinski definition) is 0. The Balaban J connectivity index is 2.87. The van der Waals surface area contributed by atoms with Crippen molar-refractivity contribution in [1.82, 2.24) is 0 Å².